The SMILES string of the molecule is CCOCCOC(C)C(=O)N[C@@H](C)CN.Cl. The van der Waals surface area contributed by atoms with Gasteiger partial charge < -0.3 is 20.5 Å². The number of nitrogens with two attached hydrogens (primary N) is 1. The number of carbonyl (C=O) groups excluding carboxylic acids is 1. The molecule has 1 unspecified atom stereocenters. The van der Waals surface area contributed by atoms with Crippen molar-refractivity contribution in [1.82, 2.24) is 5.32 Å². The van der Waals surface area contributed by atoms with Gasteiger partial charge in [-0.05, 0) is 20.8 Å². The molecular formula is C10H23ClN2O3. The van der Waals surface area contributed by atoms with Crippen LogP contribution in [-0.2, 0) is 14.3 Å². The summed E-state index contributed by atoms with van der Waals surface area (Å²) in [6.07, 6.45) is -0.459. The lowest BCUT2D eigenvalue weighted by Crippen LogP contribution is -2.43. The molecule has 0 bridgehead atoms. The van der Waals surface area contributed by atoms with E-state index >= 15 is 0 Å². The Morgan fingerprint density at radius 3 is 2.50 bits per heavy atom. The van der Waals surface area contributed by atoms with Gasteiger partial charge in [-0.25, -0.2) is 0 Å². The molecule has 1 amide bonds. The first kappa shape index (κ1) is 18.0. The Labute approximate surface area is 103 Å². The molecule has 0 spiro atoms. The zero-order chi connectivity index (χ0) is 11.7. The second-order valence-electron chi connectivity index (χ2n) is 3.36. The summed E-state index contributed by atoms with van der Waals surface area (Å²) in [5, 5.41) is 2.74. The molecule has 0 aromatic heterocycles. The van der Waals surface area contributed by atoms with Gasteiger partial charge in [0.05, 0.1) is 13.2 Å². The molecule has 5 nitrogen and oxygen atoms in total. The number of rotatable bonds is 8. The predicted octanol–water partition coefficient (Wildman–Crippen LogP) is 0.313. The largest absolute Gasteiger partial charge is 0.379 e. The number of halogens is 1. The fourth-order valence-corrected chi connectivity index (χ4v) is 0.923. The lowest BCUT2D eigenvalue weighted by molar-refractivity contribution is -0.133. The van der Waals surface area contributed by atoms with Crippen LogP contribution in [0, 0.1) is 0 Å². The molecule has 0 aromatic rings. The maximum Gasteiger partial charge on any atom is 0.249 e. The van der Waals surface area contributed by atoms with Gasteiger partial charge in [0.2, 0.25) is 5.91 Å². The molecule has 3 N–H and O–H groups in total. The number of carbonyl (C=O) groups is 1. The minimum absolute atomic E-state index is 0. The van der Waals surface area contributed by atoms with Crippen molar-refractivity contribution in [3.8, 4) is 0 Å². The van der Waals surface area contributed by atoms with Crippen molar-refractivity contribution in [2.45, 2.75) is 32.9 Å². The van der Waals surface area contributed by atoms with Crippen LogP contribution >= 0.6 is 12.4 Å². The summed E-state index contributed by atoms with van der Waals surface area (Å²) in [5.41, 5.74) is 5.38. The van der Waals surface area contributed by atoms with Crippen LogP contribution < -0.4 is 11.1 Å². The third kappa shape index (κ3) is 8.91. The summed E-state index contributed by atoms with van der Waals surface area (Å²) in [7, 11) is 0. The Kier molecular flexibility index (Phi) is 12.5. The van der Waals surface area contributed by atoms with Gasteiger partial charge in [0.1, 0.15) is 6.10 Å². The summed E-state index contributed by atoms with van der Waals surface area (Å²) in [4.78, 5) is 11.4. The second-order valence-corrected chi connectivity index (χ2v) is 3.36. The molecule has 16 heavy (non-hydrogen) atoms. The van der Waals surface area contributed by atoms with E-state index in [9.17, 15) is 4.79 Å². The van der Waals surface area contributed by atoms with E-state index in [2.05, 4.69) is 5.32 Å². The summed E-state index contributed by atoms with van der Waals surface area (Å²) >= 11 is 0. The van der Waals surface area contributed by atoms with Gasteiger partial charge in [0.15, 0.2) is 0 Å². The van der Waals surface area contributed by atoms with Crippen molar-refractivity contribution in [1.29, 1.82) is 0 Å². The van der Waals surface area contributed by atoms with Crippen LogP contribution in [0.2, 0.25) is 0 Å². The van der Waals surface area contributed by atoms with Crippen molar-refractivity contribution < 1.29 is 14.3 Å². The quantitative estimate of drug-likeness (QED) is 0.612. The predicted molar refractivity (Wildman–Crippen MR) is 65.8 cm³/mol. The van der Waals surface area contributed by atoms with E-state index in [1.807, 2.05) is 13.8 Å². The van der Waals surface area contributed by atoms with Crippen LogP contribution in [0.3, 0.4) is 0 Å². The van der Waals surface area contributed by atoms with Gasteiger partial charge >= 0.3 is 0 Å². The number of amides is 1. The van der Waals surface area contributed by atoms with Crippen molar-refractivity contribution in [3.05, 3.63) is 0 Å². The highest BCUT2D eigenvalue weighted by molar-refractivity contribution is 5.85. The van der Waals surface area contributed by atoms with Crippen LogP contribution in [-0.4, -0.2) is 44.4 Å². The molecule has 0 rings (SSSR count). The lowest BCUT2D eigenvalue weighted by Gasteiger charge is -2.16. The smallest absolute Gasteiger partial charge is 0.249 e. The Morgan fingerprint density at radius 2 is 2.00 bits per heavy atom. The summed E-state index contributed by atoms with van der Waals surface area (Å²) in [5.74, 6) is -0.135. The van der Waals surface area contributed by atoms with Crippen molar-refractivity contribution in [3.63, 3.8) is 0 Å². The van der Waals surface area contributed by atoms with Crippen LogP contribution in [0.5, 0.6) is 0 Å². The second kappa shape index (κ2) is 11.1. The number of hydrogen-bond donors (Lipinski definition) is 2. The van der Waals surface area contributed by atoms with Crippen LogP contribution in [0.4, 0.5) is 0 Å². The molecule has 2 atom stereocenters. The highest BCUT2D eigenvalue weighted by Gasteiger charge is 2.14. The maximum absolute atomic E-state index is 11.4. The molecule has 0 aromatic carbocycles. The van der Waals surface area contributed by atoms with Gasteiger partial charge in [-0.2, -0.15) is 0 Å². The monoisotopic (exact) mass is 254 g/mol. The normalized spacial score (nSPS) is 13.8. The first-order chi connectivity index (χ1) is 7.11. The molecule has 0 saturated carbocycles. The van der Waals surface area contributed by atoms with Crippen LogP contribution in [0.15, 0.2) is 0 Å². The first-order valence-corrected chi connectivity index (χ1v) is 5.31. The van der Waals surface area contributed by atoms with Gasteiger partial charge in [-0.15, -0.1) is 12.4 Å². The van der Waals surface area contributed by atoms with Crippen molar-refractivity contribution >= 4 is 18.3 Å². The van der Waals surface area contributed by atoms with E-state index in [1.54, 1.807) is 6.92 Å². The molecule has 0 heterocycles. The van der Waals surface area contributed by atoms with Crippen molar-refractivity contribution in [2.75, 3.05) is 26.4 Å². The summed E-state index contributed by atoms with van der Waals surface area (Å²) in [6.45, 7) is 7.51. The highest BCUT2D eigenvalue weighted by Crippen LogP contribution is 1.92. The lowest BCUT2D eigenvalue weighted by atomic mass is 10.3. The molecule has 0 fully saturated rings. The highest BCUT2D eigenvalue weighted by atomic mass is 35.5. The molecule has 0 saturated heterocycles. The fourth-order valence-electron chi connectivity index (χ4n) is 0.923. The van der Waals surface area contributed by atoms with E-state index in [-0.39, 0.29) is 24.4 Å². The average Bonchev–Trinajstić information content (AvgIpc) is 2.23. The molecule has 6 heteroatoms. The van der Waals surface area contributed by atoms with Crippen LogP contribution in [0.1, 0.15) is 20.8 Å². The standard InChI is InChI=1S/C10H22N2O3.ClH/c1-4-14-5-6-15-9(3)10(13)12-8(2)7-11;/h8-9H,4-7,11H2,1-3H3,(H,12,13);1H/t8-,9?;/m0./s1. The zero-order valence-electron chi connectivity index (χ0n) is 10.2. The third-order valence-electron chi connectivity index (χ3n) is 1.91. The zero-order valence-corrected chi connectivity index (χ0v) is 11.0. The van der Waals surface area contributed by atoms with Gasteiger partial charge in [0, 0.05) is 19.2 Å². The summed E-state index contributed by atoms with van der Waals surface area (Å²) < 4.78 is 10.4. The van der Waals surface area contributed by atoms with E-state index in [1.165, 1.54) is 0 Å². The Morgan fingerprint density at radius 1 is 1.38 bits per heavy atom. The first-order valence-electron chi connectivity index (χ1n) is 5.31. The average molecular weight is 255 g/mol. The van der Waals surface area contributed by atoms with Crippen LogP contribution in [0.25, 0.3) is 0 Å². The van der Waals surface area contributed by atoms with Gasteiger partial charge in [-0.3, -0.25) is 4.79 Å². The minimum Gasteiger partial charge on any atom is -0.379 e. The van der Waals surface area contributed by atoms with Crippen molar-refractivity contribution in [2.24, 2.45) is 5.73 Å². The third-order valence-corrected chi connectivity index (χ3v) is 1.91. The van der Waals surface area contributed by atoms with E-state index in [0.29, 0.717) is 26.4 Å². The molecule has 0 aliphatic rings. The van der Waals surface area contributed by atoms with E-state index < -0.39 is 6.10 Å². The van der Waals surface area contributed by atoms with E-state index in [0.717, 1.165) is 0 Å². The van der Waals surface area contributed by atoms with Gasteiger partial charge in [-0.1, -0.05) is 0 Å². The topological polar surface area (TPSA) is 73.6 Å². The fraction of sp³-hybridized carbons (Fsp3) is 0.900. The number of nitrogens with one attached hydrogen (secondary N) is 1. The van der Waals surface area contributed by atoms with E-state index in [4.69, 9.17) is 15.2 Å². The summed E-state index contributed by atoms with van der Waals surface area (Å²) in [6, 6.07) is -0.0181. The minimum atomic E-state index is -0.459. The molecule has 0 aliphatic heterocycles. The Bertz CT molecular complexity index is 181. The molecule has 98 valence electrons. The van der Waals surface area contributed by atoms with Gasteiger partial charge in [0.25, 0.3) is 0 Å². The Hall–Kier alpha value is -0.360. The molecule has 0 aliphatic carbocycles. The maximum atomic E-state index is 11.4. The number of hydrogen-bond acceptors (Lipinski definition) is 4. The molecule has 0 radical (unpaired) electrons. The number of ether oxygens (including phenoxy) is 2. The Balaban J connectivity index is 0. The molecular weight excluding hydrogens is 232 g/mol.